The van der Waals surface area contributed by atoms with E-state index < -0.39 is 0 Å². The van der Waals surface area contributed by atoms with Gasteiger partial charge in [0.25, 0.3) is 0 Å². The van der Waals surface area contributed by atoms with Crippen LogP contribution in [0.2, 0.25) is 0 Å². The third-order valence-electron chi connectivity index (χ3n) is 0.917. The maximum Gasteiger partial charge on any atom is 0.194 e. The molecule has 0 aliphatic rings. The normalized spacial score (nSPS) is 8.11. The van der Waals surface area contributed by atoms with E-state index in [1.54, 1.807) is 0 Å². The van der Waals surface area contributed by atoms with E-state index in [4.69, 9.17) is 11.6 Å². The summed E-state index contributed by atoms with van der Waals surface area (Å²) < 4.78 is 0. The Morgan fingerprint density at radius 1 is 1.44 bits per heavy atom. The highest BCUT2D eigenvalue weighted by atomic mass is 35.5. The lowest BCUT2D eigenvalue weighted by molar-refractivity contribution is -0.388. The van der Waals surface area contributed by atoms with Gasteiger partial charge in [0.05, 0.1) is 0 Å². The summed E-state index contributed by atoms with van der Waals surface area (Å²) in [5.41, 5.74) is 1.05. The number of aromatic nitrogens is 1. The second-order valence-electron chi connectivity index (χ2n) is 1.52. The molecular weight excluding hydrogens is 157 g/mol. The molecule has 50 valence electrons. The minimum absolute atomic E-state index is 0. The smallest absolute Gasteiger partial charge is 0.194 e. The number of nitrogens with one attached hydrogen (secondary N) is 1. The van der Waals surface area contributed by atoms with Gasteiger partial charge in [-0.1, -0.05) is 6.07 Å². The van der Waals surface area contributed by atoms with Crippen LogP contribution in [0.15, 0.2) is 24.4 Å². The molecule has 1 N–H and O–H groups in total. The van der Waals surface area contributed by atoms with Gasteiger partial charge in [-0.2, -0.15) is 0 Å². The van der Waals surface area contributed by atoms with Crippen LogP contribution >= 0.6 is 24.0 Å². The van der Waals surface area contributed by atoms with Crippen molar-refractivity contribution in [1.29, 1.82) is 0 Å². The van der Waals surface area contributed by atoms with Crippen molar-refractivity contribution in [1.82, 2.24) is 0 Å². The number of hydrogen-bond donors (Lipinski definition) is 0. The molecule has 1 rings (SSSR count). The zero-order valence-corrected chi connectivity index (χ0v) is 6.38. The second kappa shape index (κ2) is 4.59. The van der Waals surface area contributed by atoms with Crippen molar-refractivity contribution in [2.45, 2.75) is 5.88 Å². The molecule has 0 aliphatic carbocycles. The number of alkyl halides is 1. The highest BCUT2D eigenvalue weighted by Crippen LogP contribution is 1.91. The number of H-pyrrole nitrogens is 1. The number of halogens is 2. The Morgan fingerprint density at radius 2 is 2.22 bits per heavy atom. The Balaban J connectivity index is 0.000000640. The molecular formula is C6H8Cl2N+. The predicted octanol–water partition coefficient (Wildman–Crippen LogP) is 1.66. The van der Waals surface area contributed by atoms with E-state index in [0.29, 0.717) is 5.88 Å². The molecule has 0 radical (unpaired) electrons. The first kappa shape index (κ1) is 8.73. The minimum Gasteiger partial charge on any atom is -0.214 e. The molecule has 0 spiro atoms. The fourth-order valence-corrected chi connectivity index (χ4v) is 0.680. The van der Waals surface area contributed by atoms with E-state index in [1.807, 2.05) is 24.4 Å². The molecule has 0 amide bonds. The maximum absolute atomic E-state index is 5.50. The first-order chi connectivity index (χ1) is 3.93. The SMILES string of the molecule is Cl.ClCc1cccc[nH+]1. The van der Waals surface area contributed by atoms with Crippen LogP contribution in [-0.2, 0) is 5.88 Å². The third-order valence-corrected chi connectivity index (χ3v) is 1.21. The van der Waals surface area contributed by atoms with E-state index in [0.717, 1.165) is 5.69 Å². The lowest BCUT2D eigenvalue weighted by Crippen LogP contribution is -2.06. The van der Waals surface area contributed by atoms with Crippen molar-refractivity contribution in [3.63, 3.8) is 0 Å². The number of hydrogen-bond acceptors (Lipinski definition) is 0. The Bertz CT molecular complexity index is 152. The van der Waals surface area contributed by atoms with Gasteiger partial charge in [-0.25, -0.2) is 4.98 Å². The van der Waals surface area contributed by atoms with E-state index in [1.165, 1.54) is 0 Å². The fourth-order valence-electron chi connectivity index (χ4n) is 0.514. The van der Waals surface area contributed by atoms with E-state index in [-0.39, 0.29) is 12.4 Å². The topological polar surface area (TPSA) is 14.1 Å². The standard InChI is InChI=1S/C6H6ClN.ClH/c7-5-6-3-1-2-4-8-6;/h1-4H,5H2;1H/p+1. The molecule has 9 heavy (non-hydrogen) atoms. The van der Waals surface area contributed by atoms with E-state index in [2.05, 4.69) is 4.98 Å². The second-order valence-corrected chi connectivity index (χ2v) is 1.79. The minimum atomic E-state index is 0. The van der Waals surface area contributed by atoms with Gasteiger partial charge < -0.3 is 0 Å². The van der Waals surface area contributed by atoms with Crippen LogP contribution < -0.4 is 4.98 Å². The number of aromatic amines is 1. The van der Waals surface area contributed by atoms with Gasteiger partial charge >= 0.3 is 0 Å². The predicted molar refractivity (Wildman–Crippen MR) is 39.8 cm³/mol. The van der Waals surface area contributed by atoms with Gasteiger partial charge in [0.2, 0.25) is 0 Å². The largest absolute Gasteiger partial charge is 0.214 e. The van der Waals surface area contributed by atoms with Crippen LogP contribution in [0.3, 0.4) is 0 Å². The van der Waals surface area contributed by atoms with Crippen LogP contribution in [0.4, 0.5) is 0 Å². The molecule has 0 saturated heterocycles. The Kier molecular flexibility index (Phi) is 4.46. The molecule has 1 aromatic rings. The summed E-state index contributed by atoms with van der Waals surface area (Å²) >= 11 is 5.50. The van der Waals surface area contributed by atoms with Crippen LogP contribution in [0.25, 0.3) is 0 Å². The third kappa shape index (κ3) is 2.68. The lowest BCUT2D eigenvalue weighted by atomic mass is 10.4. The summed E-state index contributed by atoms with van der Waals surface area (Å²) in [4.78, 5) is 2.99. The van der Waals surface area contributed by atoms with Crippen LogP contribution in [0.5, 0.6) is 0 Å². The molecule has 0 aromatic carbocycles. The van der Waals surface area contributed by atoms with Crippen LogP contribution in [-0.4, -0.2) is 0 Å². The van der Waals surface area contributed by atoms with Crippen molar-refractivity contribution in [2.24, 2.45) is 0 Å². The average Bonchev–Trinajstić information content (AvgIpc) is 1.90. The van der Waals surface area contributed by atoms with Gasteiger partial charge in [-0.05, 0) is 0 Å². The summed E-state index contributed by atoms with van der Waals surface area (Å²) in [6, 6.07) is 5.83. The summed E-state index contributed by atoms with van der Waals surface area (Å²) in [6.45, 7) is 0. The van der Waals surface area contributed by atoms with E-state index in [9.17, 15) is 0 Å². The summed E-state index contributed by atoms with van der Waals surface area (Å²) in [5.74, 6) is 0.556. The molecule has 0 saturated carbocycles. The van der Waals surface area contributed by atoms with Crippen molar-refractivity contribution >= 4 is 24.0 Å². The van der Waals surface area contributed by atoms with Gasteiger partial charge in [-0.15, -0.1) is 24.0 Å². The number of rotatable bonds is 1. The molecule has 0 atom stereocenters. The maximum atomic E-state index is 5.50. The van der Waals surface area contributed by atoms with Crippen LogP contribution in [0, 0.1) is 0 Å². The van der Waals surface area contributed by atoms with Crippen LogP contribution in [0.1, 0.15) is 5.69 Å². The Morgan fingerprint density at radius 3 is 2.56 bits per heavy atom. The summed E-state index contributed by atoms with van der Waals surface area (Å²) in [6.07, 6.45) is 1.86. The van der Waals surface area contributed by atoms with Crippen molar-refractivity contribution in [3.05, 3.63) is 30.1 Å². The molecule has 1 aromatic heterocycles. The van der Waals surface area contributed by atoms with Gasteiger partial charge in [0.1, 0.15) is 5.88 Å². The highest BCUT2D eigenvalue weighted by molar-refractivity contribution is 6.16. The van der Waals surface area contributed by atoms with Gasteiger partial charge in [0.15, 0.2) is 11.9 Å². The molecule has 3 heteroatoms. The quantitative estimate of drug-likeness (QED) is 0.562. The molecule has 1 heterocycles. The first-order valence-electron chi connectivity index (χ1n) is 2.45. The van der Waals surface area contributed by atoms with Gasteiger partial charge in [-0.3, -0.25) is 0 Å². The van der Waals surface area contributed by atoms with E-state index >= 15 is 0 Å². The Hall–Kier alpha value is -0.270. The zero-order valence-electron chi connectivity index (χ0n) is 4.80. The summed E-state index contributed by atoms with van der Waals surface area (Å²) in [5, 5.41) is 0. The zero-order chi connectivity index (χ0) is 5.82. The lowest BCUT2D eigenvalue weighted by Gasteiger charge is -1.80. The first-order valence-corrected chi connectivity index (χ1v) is 2.98. The monoisotopic (exact) mass is 164 g/mol. The molecule has 1 nitrogen and oxygen atoms in total. The van der Waals surface area contributed by atoms with Crippen molar-refractivity contribution in [2.75, 3.05) is 0 Å². The summed E-state index contributed by atoms with van der Waals surface area (Å²) in [7, 11) is 0. The van der Waals surface area contributed by atoms with Crippen molar-refractivity contribution in [3.8, 4) is 0 Å². The Labute approximate surface area is 65.5 Å². The van der Waals surface area contributed by atoms with Crippen molar-refractivity contribution < 1.29 is 4.98 Å². The molecule has 0 bridgehead atoms. The molecule has 0 unspecified atom stereocenters. The molecule has 0 aliphatic heterocycles. The fraction of sp³-hybridized carbons (Fsp3) is 0.167. The molecule has 0 fully saturated rings. The van der Waals surface area contributed by atoms with Gasteiger partial charge in [0, 0.05) is 12.1 Å². The highest BCUT2D eigenvalue weighted by Gasteiger charge is 1.91. The number of pyridine rings is 1. The average molecular weight is 165 g/mol.